The number of aliphatic hydroxyl groups excluding tert-OH is 1. The summed E-state index contributed by atoms with van der Waals surface area (Å²) in [5.74, 6) is -57.3. The Kier molecular flexibility index (Phi) is 17.4. The molecular formula is C35H43F17O5Si. The van der Waals surface area contributed by atoms with Crippen LogP contribution in [0.5, 0.6) is 5.75 Å². The first-order valence-corrected chi connectivity index (χ1v) is 19.5. The van der Waals surface area contributed by atoms with Crippen LogP contribution in [0.15, 0.2) is 49.1 Å². The van der Waals surface area contributed by atoms with Crippen LogP contribution in [0.4, 0.5) is 74.6 Å². The minimum Gasteiger partial charge on any atom is -0.491 e. The molecule has 0 aromatic heterocycles. The molecule has 1 N–H and O–H groups in total. The van der Waals surface area contributed by atoms with E-state index in [4.69, 9.17) is 13.9 Å². The molecule has 0 saturated carbocycles. The molecule has 0 aliphatic carbocycles. The van der Waals surface area contributed by atoms with E-state index < -0.39 is 98.2 Å². The van der Waals surface area contributed by atoms with Crippen molar-refractivity contribution in [2.24, 2.45) is 5.92 Å². The molecule has 0 heterocycles. The van der Waals surface area contributed by atoms with Gasteiger partial charge in [0.2, 0.25) is 0 Å². The molecule has 0 aliphatic heterocycles. The van der Waals surface area contributed by atoms with Crippen molar-refractivity contribution in [2.45, 2.75) is 125 Å². The SMILES string of the molecule is C=CCOC(=O)/C=C/CC[C@@H](C)[C@H](O)c1ccc(OCCO[Si](CCC(F)(F)C(F)(F)C(F)(F)C(F)(F)C(F)(F)C(F)(F)C(F)(F)C(F)(F)F)(C(C)C)C(C)C)cc1. The average molecular weight is 895 g/mol. The van der Waals surface area contributed by atoms with Crippen molar-refractivity contribution < 1.29 is 98.4 Å². The molecule has 2 atom stereocenters. The van der Waals surface area contributed by atoms with Crippen LogP contribution in [0.3, 0.4) is 0 Å². The Hall–Kier alpha value is -3.08. The van der Waals surface area contributed by atoms with Crippen molar-refractivity contribution in [1.82, 2.24) is 0 Å². The van der Waals surface area contributed by atoms with Crippen LogP contribution in [0.2, 0.25) is 17.1 Å². The molecule has 1 rings (SSSR count). The number of allylic oxidation sites excluding steroid dienone is 1. The fraction of sp³-hybridized carbons (Fsp3) is 0.686. The molecule has 0 fully saturated rings. The van der Waals surface area contributed by atoms with Crippen LogP contribution >= 0.6 is 0 Å². The van der Waals surface area contributed by atoms with E-state index in [1.807, 2.05) is 0 Å². The molecule has 0 saturated heterocycles. The number of carbonyl (C=O) groups is 1. The number of benzene rings is 1. The minimum atomic E-state index is -8.68. The Balaban J connectivity index is 3.12. The van der Waals surface area contributed by atoms with E-state index >= 15 is 0 Å². The average Bonchev–Trinajstić information content (AvgIpc) is 3.10. The molecule has 0 spiro atoms. The van der Waals surface area contributed by atoms with Crippen LogP contribution < -0.4 is 4.74 Å². The zero-order valence-corrected chi connectivity index (χ0v) is 32.5. The third-order valence-corrected chi connectivity index (χ3v) is 15.1. The molecule has 0 radical (unpaired) electrons. The summed E-state index contributed by atoms with van der Waals surface area (Å²) >= 11 is 0. The van der Waals surface area contributed by atoms with E-state index in [1.165, 1.54) is 64.1 Å². The van der Waals surface area contributed by atoms with Gasteiger partial charge in [0, 0.05) is 12.5 Å². The van der Waals surface area contributed by atoms with E-state index in [9.17, 15) is 84.5 Å². The maximum atomic E-state index is 14.9. The predicted octanol–water partition coefficient (Wildman–Crippen LogP) is 12.0. The molecule has 5 nitrogen and oxygen atoms in total. The fourth-order valence-electron chi connectivity index (χ4n) is 5.72. The third-order valence-electron chi connectivity index (χ3n) is 9.44. The zero-order valence-electron chi connectivity index (χ0n) is 31.5. The van der Waals surface area contributed by atoms with Crippen molar-refractivity contribution >= 4 is 14.3 Å². The second kappa shape index (κ2) is 19.1. The lowest BCUT2D eigenvalue weighted by Crippen LogP contribution is -2.74. The second-order valence-corrected chi connectivity index (χ2v) is 19.0. The molecule has 336 valence electrons. The van der Waals surface area contributed by atoms with E-state index in [1.54, 1.807) is 13.0 Å². The molecule has 23 heteroatoms. The molecule has 0 unspecified atom stereocenters. The summed E-state index contributed by atoms with van der Waals surface area (Å²) in [6, 6.07) is 4.56. The van der Waals surface area contributed by atoms with Crippen molar-refractivity contribution in [3.63, 3.8) is 0 Å². The monoisotopic (exact) mass is 894 g/mol. The quantitative estimate of drug-likeness (QED) is 0.0280. The molecule has 0 amide bonds. The number of hydrogen-bond acceptors (Lipinski definition) is 5. The van der Waals surface area contributed by atoms with Gasteiger partial charge in [-0.05, 0) is 53.6 Å². The van der Waals surface area contributed by atoms with E-state index in [-0.39, 0.29) is 24.9 Å². The van der Waals surface area contributed by atoms with E-state index in [2.05, 4.69) is 6.58 Å². The molecular weight excluding hydrogens is 851 g/mol. The van der Waals surface area contributed by atoms with Gasteiger partial charge in [0.25, 0.3) is 0 Å². The zero-order chi connectivity index (χ0) is 45.6. The van der Waals surface area contributed by atoms with Crippen molar-refractivity contribution in [3.8, 4) is 5.75 Å². The third kappa shape index (κ3) is 10.6. The Bertz CT molecular complexity index is 1500. The summed E-state index contributed by atoms with van der Waals surface area (Å²) in [4.78, 5) is 11.5. The number of ether oxygens (including phenoxy) is 2. The lowest BCUT2D eigenvalue weighted by molar-refractivity contribution is -0.461. The van der Waals surface area contributed by atoms with Crippen molar-refractivity contribution in [2.75, 3.05) is 19.8 Å². The van der Waals surface area contributed by atoms with Gasteiger partial charge < -0.3 is 19.0 Å². The molecule has 0 bridgehead atoms. The Morgan fingerprint density at radius 1 is 0.724 bits per heavy atom. The number of alkyl halides is 17. The molecule has 1 aromatic carbocycles. The van der Waals surface area contributed by atoms with Crippen LogP contribution in [-0.4, -0.2) is 86.8 Å². The van der Waals surface area contributed by atoms with Gasteiger partial charge in [-0.15, -0.1) is 0 Å². The number of halogens is 17. The Morgan fingerprint density at radius 3 is 1.64 bits per heavy atom. The number of carbonyl (C=O) groups excluding carboxylic acids is 1. The van der Waals surface area contributed by atoms with Crippen molar-refractivity contribution in [3.05, 3.63) is 54.6 Å². The van der Waals surface area contributed by atoms with Gasteiger partial charge in [0.15, 0.2) is 8.32 Å². The summed E-state index contributed by atoms with van der Waals surface area (Å²) in [5.41, 5.74) is -1.24. The van der Waals surface area contributed by atoms with Crippen molar-refractivity contribution in [1.29, 1.82) is 0 Å². The summed E-state index contributed by atoms with van der Waals surface area (Å²) in [6.45, 7) is 9.68. The van der Waals surface area contributed by atoms with Gasteiger partial charge in [-0.25, -0.2) is 4.79 Å². The summed E-state index contributed by atoms with van der Waals surface area (Å²) in [5, 5.41) is 10.7. The molecule has 0 aliphatic rings. The Labute approximate surface area is 323 Å². The summed E-state index contributed by atoms with van der Waals surface area (Å²) in [6.07, 6.45) is -6.20. The lowest BCUT2D eigenvalue weighted by Gasteiger charge is -2.44. The van der Waals surface area contributed by atoms with E-state index in [0.29, 0.717) is 18.4 Å². The first-order chi connectivity index (χ1) is 26.1. The second-order valence-electron chi connectivity index (χ2n) is 14.0. The number of hydrogen-bond donors (Lipinski definition) is 1. The normalized spacial score (nSPS) is 15.6. The topological polar surface area (TPSA) is 65.0 Å². The standard InChI is InChI=1S/C35H43F17O5Si/c1-7-17-56-26(53)11-9-8-10-23(6)27(54)24-12-14-25(15-13-24)55-18-19-57-58(21(2)3,22(4)5)20-16-28(36,37)29(38,39)30(40,41)31(42,43)32(44,45)33(46,47)34(48,49)35(50,51)52/h7,9,11-15,21-23,27,54H,1,8,10,16-20H2,2-6H3/b11-9+/t23-,27+/m1/s1. The highest BCUT2D eigenvalue weighted by Crippen LogP contribution is 2.64. The van der Waals surface area contributed by atoms with Crippen LogP contribution in [0.25, 0.3) is 0 Å². The van der Waals surface area contributed by atoms with Gasteiger partial charge >= 0.3 is 53.6 Å². The van der Waals surface area contributed by atoms with E-state index in [0.717, 1.165) is 0 Å². The lowest BCUT2D eigenvalue weighted by atomic mass is 9.88. The van der Waals surface area contributed by atoms with Gasteiger partial charge in [-0.3, -0.25) is 0 Å². The fourth-order valence-corrected chi connectivity index (χ4v) is 10.2. The minimum absolute atomic E-state index is 0.0435. The van der Waals surface area contributed by atoms with Gasteiger partial charge in [-0.1, -0.05) is 65.5 Å². The van der Waals surface area contributed by atoms with Gasteiger partial charge in [-0.2, -0.15) is 74.6 Å². The summed E-state index contributed by atoms with van der Waals surface area (Å²) < 4.78 is 250. The van der Waals surface area contributed by atoms with Gasteiger partial charge in [0.05, 0.1) is 12.7 Å². The summed E-state index contributed by atoms with van der Waals surface area (Å²) in [7, 11) is -3.94. The predicted molar refractivity (Wildman–Crippen MR) is 178 cm³/mol. The number of rotatable bonds is 24. The Morgan fingerprint density at radius 2 is 1.19 bits per heavy atom. The van der Waals surface area contributed by atoms with Crippen LogP contribution in [-0.2, 0) is 14.0 Å². The van der Waals surface area contributed by atoms with Crippen LogP contribution in [0.1, 0.15) is 65.5 Å². The van der Waals surface area contributed by atoms with Crippen LogP contribution in [0, 0.1) is 5.92 Å². The molecule has 58 heavy (non-hydrogen) atoms. The maximum absolute atomic E-state index is 14.9. The highest BCUT2D eigenvalue weighted by molar-refractivity contribution is 6.76. The number of esters is 1. The smallest absolute Gasteiger partial charge is 0.460 e. The highest BCUT2D eigenvalue weighted by atomic mass is 28.4. The molecule has 1 aromatic rings. The first-order valence-electron chi connectivity index (χ1n) is 17.3. The van der Waals surface area contributed by atoms with Gasteiger partial charge in [0.1, 0.15) is 19.0 Å². The maximum Gasteiger partial charge on any atom is 0.460 e. The first kappa shape index (κ1) is 52.9. The number of aliphatic hydroxyl groups is 1. The largest absolute Gasteiger partial charge is 0.491 e. The highest BCUT2D eigenvalue weighted by Gasteiger charge is 2.95.